The lowest BCUT2D eigenvalue weighted by atomic mass is 9.88. The highest BCUT2D eigenvalue weighted by atomic mass is 16.3. The Morgan fingerprint density at radius 3 is 2.74 bits per heavy atom. The number of aromatic nitrogens is 4. The Kier molecular flexibility index (Phi) is 4.88. The monoisotopic (exact) mass is 470 g/mol. The first-order chi connectivity index (χ1) is 16.8. The highest BCUT2D eigenvalue weighted by Gasteiger charge is 2.46. The van der Waals surface area contributed by atoms with Gasteiger partial charge in [-0.1, -0.05) is 6.07 Å². The molecule has 8 heteroatoms. The van der Waals surface area contributed by atoms with Crippen LogP contribution in [0.3, 0.4) is 0 Å². The van der Waals surface area contributed by atoms with Crippen molar-refractivity contribution in [3.05, 3.63) is 76.0 Å². The molecular weight excluding hydrogens is 440 g/mol. The number of anilines is 2. The fourth-order valence-electron chi connectivity index (χ4n) is 5.27. The van der Waals surface area contributed by atoms with Gasteiger partial charge in [0.15, 0.2) is 0 Å². The van der Waals surface area contributed by atoms with Crippen molar-refractivity contribution in [2.75, 3.05) is 11.9 Å². The normalized spacial score (nSPS) is 16.5. The topological polar surface area (TPSA) is 97.0 Å². The van der Waals surface area contributed by atoms with E-state index in [0.29, 0.717) is 28.9 Å². The van der Waals surface area contributed by atoms with Crippen LogP contribution in [0.25, 0.3) is 16.6 Å². The van der Waals surface area contributed by atoms with Crippen LogP contribution in [0.15, 0.2) is 53.6 Å². The van der Waals surface area contributed by atoms with Gasteiger partial charge in [-0.05, 0) is 69.0 Å². The van der Waals surface area contributed by atoms with E-state index in [4.69, 9.17) is 0 Å². The Labute approximate surface area is 203 Å². The Hall–Kier alpha value is -3.49. The van der Waals surface area contributed by atoms with Crippen molar-refractivity contribution in [1.29, 1.82) is 0 Å². The van der Waals surface area contributed by atoms with Crippen LogP contribution in [0.5, 0.6) is 0 Å². The summed E-state index contributed by atoms with van der Waals surface area (Å²) in [6, 6.07) is 12.2. The number of pyridine rings is 2. The Morgan fingerprint density at radius 2 is 2.00 bits per heavy atom. The van der Waals surface area contributed by atoms with Gasteiger partial charge in [0, 0.05) is 49.2 Å². The molecule has 0 unspecified atom stereocenters. The average Bonchev–Trinajstić information content (AvgIpc) is 3.55. The molecule has 6 rings (SSSR count). The molecule has 2 aliphatic rings. The standard InChI is InChI=1S/C27H30N6O2/c1-4-32-25(34)20-15-30-24(13-22(20)33(32)19-7-10-29-23(12-19)26(2,3)35)31-18-5-6-21-17(11-18)14-28-16-27(21)8-9-27/h5-7,10-13,15,28,35H,4,8-9,14,16H2,1-3H3,(H,30,31). The number of hydrogen-bond donors (Lipinski definition) is 3. The lowest BCUT2D eigenvalue weighted by Crippen LogP contribution is -2.33. The number of rotatable bonds is 5. The number of nitrogens with one attached hydrogen (secondary N) is 2. The van der Waals surface area contributed by atoms with Crippen LogP contribution in [0.4, 0.5) is 11.5 Å². The number of aliphatic hydroxyl groups is 1. The van der Waals surface area contributed by atoms with E-state index in [0.717, 1.165) is 30.0 Å². The molecule has 0 saturated heterocycles. The van der Waals surface area contributed by atoms with Crippen molar-refractivity contribution >= 4 is 22.4 Å². The molecule has 1 aliphatic carbocycles. The maximum Gasteiger partial charge on any atom is 0.276 e. The van der Waals surface area contributed by atoms with Crippen LogP contribution in [-0.2, 0) is 24.1 Å². The second-order valence-corrected chi connectivity index (χ2v) is 10.3. The molecule has 1 aromatic carbocycles. The smallest absolute Gasteiger partial charge is 0.276 e. The van der Waals surface area contributed by atoms with Gasteiger partial charge < -0.3 is 15.7 Å². The molecule has 1 fully saturated rings. The molecule has 8 nitrogen and oxygen atoms in total. The zero-order valence-electron chi connectivity index (χ0n) is 20.3. The van der Waals surface area contributed by atoms with Crippen LogP contribution < -0.4 is 16.2 Å². The van der Waals surface area contributed by atoms with Crippen LogP contribution in [0, 0.1) is 0 Å². The predicted octanol–water partition coefficient (Wildman–Crippen LogP) is 3.71. The minimum Gasteiger partial charge on any atom is -0.384 e. The third-order valence-electron chi connectivity index (χ3n) is 7.31. The van der Waals surface area contributed by atoms with Crippen LogP contribution >= 0.6 is 0 Å². The summed E-state index contributed by atoms with van der Waals surface area (Å²) in [7, 11) is 0. The number of hydrogen-bond acceptors (Lipinski definition) is 6. The molecule has 0 amide bonds. The Balaban J connectivity index is 1.42. The summed E-state index contributed by atoms with van der Waals surface area (Å²) in [5, 5.41) is 18.0. The van der Waals surface area contributed by atoms with Crippen LogP contribution in [0.1, 0.15) is 50.4 Å². The highest BCUT2D eigenvalue weighted by Crippen LogP contribution is 2.50. The molecule has 0 radical (unpaired) electrons. The second-order valence-electron chi connectivity index (χ2n) is 10.3. The first kappa shape index (κ1) is 22.0. The minimum absolute atomic E-state index is 0.0993. The zero-order chi connectivity index (χ0) is 24.4. The van der Waals surface area contributed by atoms with E-state index in [1.54, 1.807) is 30.9 Å². The van der Waals surface area contributed by atoms with Crippen molar-refractivity contribution in [2.45, 2.75) is 57.7 Å². The highest BCUT2D eigenvalue weighted by molar-refractivity contribution is 5.83. The summed E-state index contributed by atoms with van der Waals surface area (Å²) in [5.41, 5.74) is 4.99. The van der Waals surface area contributed by atoms with E-state index in [9.17, 15) is 9.90 Å². The number of nitrogens with zero attached hydrogens (tertiary/aromatic N) is 4. The summed E-state index contributed by atoms with van der Waals surface area (Å²) >= 11 is 0. The lowest BCUT2D eigenvalue weighted by Gasteiger charge is -2.26. The van der Waals surface area contributed by atoms with Gasteiger partial charge >= 0.3 is 0 Å². The van der Waals surface area contributed by atoms with Gasteiger partial charge in [-0.15, -0.1) is 0 Å². The van der Waals surface area contributed by atoms with E-state index in [1.807, 2.05) is 29.8 Å². The summed E-state index contributed by atoms with van der Waals surface area (Å²) in [5.74, 6) is 0.668. The van der Waals surface area contributed by atoms with Gasteiger partial charge in [0.25, 0.3) is 5.56 Å². The van der Waals surface area contributed by atoms with Crippen molar-refractivity contribution in [3.63, 3.8) is 0 Å². The molecular formula is C27H30N6O2. The van der Waals surface area contributed by atoms with E-state index in [1.165, 1.54) is 24.0 Å². The SMILES string of the molecule is CCn1c(=O)c2cnc(Nc3ccc4c(c3)CNCC43CC3)cc2n1-c1ccnc(C(C)(C)O)c1. The van der Waals surface area contributed by atoms with Gasteiger partial charge in [-0.3, -0.25) is 9.78 Å². The molecule has 3 N–H and O–H groups in total. The van der Waals surface area contributed by atoms with Crippen molar-refractivity contribution in [2.24, 2.45) is 0 Å². The fourth-order valence-corrected chi connectivity index (χ4v) is 5.27. The van der Waals surface area contributed by atoms with Crippen molar-refractivity contribution < 1.29 is 5.11 Å². The number of fused-ring (bicyclic) bond motifs is 3. The predicted molar refractivity (Wildman–Crippen MR) is 136 cm³/mol. The molecule has 3 aromatic heterocycles. The summed E-state index contributed by atoms with van der Waals surface area (Å²) < 4.78 is 3.56. The largest absolute Gasteiger partial charge is 0.384 e. The second kappa shape index (κ2) is 7.76. The summed E-state index contributed by atoms with van der Waals surface area (Å²) in [6.45, 7) is 7.78. The third-order valence-corrected chi connectivity index (χ3v) is 7.31. The molecule has 35 heavy (non-hydrogen) atoms. The summed E-state index contributed by atoms with van der Waals surface area (Å²) in [4.78, 5) is 22.0. The summed E-state index contributed by atoms with van der Waals surface area (Å²) in [6.07, 6.45) is 5.81. The molecule has 4 heterocycles. The van der Waals surface area contributed by atoms with Crippen molar-refractivity contribution in [1.82, 2.24) is 24.6 Å². The van der Waals surface area contributed by atoms with E-state index >= 15 is 0 Å². The van der Waals surface area contributed by atoms with Crippen molar-refractivity contribution in [3.8, 4) is 5.69 Å². The van der Waals surface area contributed by atoms with Gasteiger partial charge in [-0.2, -0.15) is 0 Å². The molecule has 0 bridgehead atoms. The maximum atomic E-state index is 13.1. The third kappa shape index (κ3) is 3.64. The average molecular weight is 471 g/mol. The molecule has 180 valence electrons. The molecule has 1 saturated carbocycles. The van der Waals surface area contributed by atoms with Crippen LogP contribution in [0.2, 0.25) is 0 Å². The van der Waals surface area contributed by atoms with Gasteiger partial charge in [-0.25, -0.2) is 14.3 Å². The molecule has 4 aromatic rings. The quantitative estimate of drug-likeness (QED) is 0.412. The van der Waals surface area contributed by atoms with Gasteiger partial charge in [0.1, 0.15) is 11.4 Å². The lowest BCUT2D eigenvalue weighted by molar-refractivity contribution is 0.0738. The van der Waals surface area contributed by atoms with Crippen LogP contribution in [-0.4, -0.2) is 31.0 Å². The molecule has 0 atom stereocenters. The maximum absolute atomic E-state index is 13.1. The molecule has 1 aliphatic heterocycles. The minimum atomic E-state index is -1.09. The van der Waals surface area contributed by atoms with Gasteiger partial charge in [0.05, 0.1) is 22.3 Å². The molecule has 1 spiro atoms. The first-order valence-corrected chi connectivity index (χ1v) is 12.2. The Bertz CT molecular complexity index is 1510. The zero-order valence-corrected chi connectivity index (χ0v) is 20.3. The van der Waals surface area contributed by atoms with E-state index in [2.05, 4.69) is 38.8 Å². The van der Waals surface area contributed by atoms with Gasteiger partial charge in [0.2, 0.25) is 0 Å². The van der Waals surface area contributed by atoms with E-state index < -0.39 is 5.60 Å². The Morgan fingerprint density at radius 1 is 1.17 bits per heavy atom. The fraction of sp³-hybridized carbons (Fsp3) is 0.370. The number of benzene rings is 1. The van der Waals surface area contributed by atoms with E-state index in [-0.39, 0.29) is 5.56 Å². The first-order valence-electron chi connectivity index (χ1n) is 12.2.